The summed E-state index contributed by atoms with van der Waals surface area (Å²) in [6.07, 6.45) is 3.51. The number of furan rings is 1. The first-order chi connectivity index (χ1) is 8.65. The first kappa shape index (κ1) is 11.0. The second-order valence-electron chi connectivity index (χ2n) is 4.58. The summed E-state index contributed by atoms with van der Waals surface area (Å²) in [6, 6.07) is 3.82. The van der Waals surface area contributed by atoms with Crippen LogP contribution in [0.25, 0.3) is 17.1 Å². The fourth-order valence-electron chi connectivity index (χ4n) is 1.81. The third-order valence-corrected chi connectivity index (χ3v) is 2.76. The van der Waals surface area contributed by atoms with Gasteiger partial charge in [-0.1, -0.05) is 13.8 Å². The fraction of sp³-hybridized carbons (Fsp3) is 0.308. The van der Waals surface area contributed by atoms with Crippen molar-refractivity contribution in [3.05, 3.63) is 36.1 Å². The van der Waals surface area contributed by atoms with Crippen LogP contribution in [0.5, 0.6) is 0 Å². The summed E-state index contributed by atoms with van der Waals surface area (Å²) in [6.45, 7) is 6.05. The SMILES string of the molecule is Cc1ccc(-c2nccn3nc(C(C)C)nc23)o1. The van der Waals surface area contributed by atoms with Crippen molar-refractivity contribution in [2.24, 2.45) is 0 Å². The van der Waals surface area contributed by atoms with Gasteiger partial charge >= 0.3 is 0 Å². The lowest BCUT2D eigenvalue weighted by Gasteiger charge is -1.97. The Morgan fingerprint density at radius 1 is 1.28 bits per heavy atom. The summed E-state index contributed by atoms with van der Waals surface area (Å²) in [5.74, 6) is 2.68. The van der Waals surface area contributed by atoms with E-state index in [1.807, 2.05) is 19.1 Å². The van der Waals surface area contributed by atoms with Crippen molar-refractivity contribution in [1.29, 1.82) is 0 Å². The number of nitrogens with zero attached hydrogens (tertiary/aromatic N) is 4. The quantitative estimate of drug-likeness (QED) is 0.693. The predicted octanol–water partition coefficient (Wildman–Crippen LogP) is 2.82. The zero-order chi connectivity index (χ0) is 12.7. The standard InChI is InChI=1S/C13H14N4O/c1-8(2)12-15-13-11(10-5-4-9(3)18-10)14-6-7-17(13)16-12/h4-8H,1-3H3. The van der Waals surface area contributed by atoms with E-state index in [9.17, 15) is 0 Å². The first-order valence-corrected chi connectivity index (χ1v) is 5.93. The van der Waals surface area contributed by atoms with E-state index in [0.29, 0.717) is 0 Å². The molecule has 3 heterocycles. The minimum absolute atomic E-state index is 0.288. The van der Waals surface area contributed by atoms with Gasteiger partial charge in [0.1, 0.15) is 5.76 Å². The van der Waals surface area contributed by atoms with E-state index in [1.165, 1.54) is 0 Å². The molecule has 0 radical (unpaired) electrons. The monoisotopic (exact) mass is 242 g/mol. The molecule has 0 aliphatic rings. The van der Waals surface area contributed by atoms with E-state index >= 15 is 0 Å². The van der Waals surface area contributed by atoms with Crippen molar-refractivity contribution >= 4 is 5.65 Å². The molecule has 0 atom stereocenters. The average Bonchev–Trinajstić information content (AvgIpc) is 2.94. The van der Waals surface area contributed by atoms with Gasteiger partial charge in [-0.25, -0.2) is 14.5 Å². The Bertz CT molecular complexity index is 696. The van der Waals surface area contributed by atoms with Gasteiger partial charge in [-0.05, 0) is 19.1 Å². The summed E-state index contributed by atoms with van der Waals surface area (Å²) >= 11 is 0. The average molecular weight is 242 g/mol. The van der Waals surface area contributed by atoms with Gasteiger partial charge < -0.3 is 4.42 Å². The highest BCUT2D eigenvalue weighted by Crippen LogP contribution is 2.24. The van der Waals surface area contributed by atoms with E-state index in [4.69, 9.17) is 4.42 Å². The van der Waals surface area contributed by atoms with Gasteiger partial charge in [0.25, 0.3) is 0 Å². The van der Waals surface area contributed by atoms with Gasteiger partial charge in [0.15, 0.2) is 22.9 Å². The normalized spacial score (nSPS) is 11.6. The van der Waals surface area contributed by atoms with E-state index in [0.717, 1.165) is 28.7 Å². The maximum atomic E-state index is 5.60. The van der Waals surface area contributed by atoms with E-state index < -0.39 is 0 Å². The predicted molar refractivity (Wildman–Crippen MR) is 67.3 cm³/mol. The summed E-state index contributed by atoms with van der Waals surface area (Å²) < 4.78 is 7.35. The number of hydrogen-bond donors (Lipinski definition) is 0. The molecule has 3 rings (SSSR count). The van der Waals surface area contributed by atoms with Crippen LogP contribution < -0.4 is 0 Å². The van der Waals surface area contributed by atoms with Crippen LogP contribution in [0.3, 0.4) is 0 Å². The Labute approximate surface area is 104 Å². The molecule has 0 aliphatic carbocycles. The molecule has 0 amide bonds. The topological polar surface area (TPSA) is 56.2 Å². The Morgan fingerprint density at radius 2 is 2.11 bits per heavy atom. The maximum Gasteiger partial charge on any atom is 0.185 e. The van der Waals surface area contributed by atoms with Crippen LogP contribution in [-0.4, -0.2) is 19.6 Å². The minimum atomic E-state index is 0.288. The molecule has 0 bridgehead atoms. The first-order valence-electron chi connectivity index (χ1n) is 5.93. The third-order valence-electron chi connectivity index (χ3n) is 2.76. The fourth-order valence-corrected chi connectivity index (χ4v) is 1.81. The zero-order valence-electron chi connectivity index (χ0n) is 10.6. The highest BCUT2D eigenvalue weighted by Gasteiger charge is 2.14. The van der Waals surface area contributed by atoms with Crippen LogP contribution in [0.1, 0.15) is 31.4 Å². The number of aryl methyl sites for hydroxylation is 1. The van der Waals surface area contributed by atoms with Crippen molar-refractivity contribution < 1.29 is 4.42 Å². The van der Waals surface area contributed by atoms with Crippen LogP contribution in [0.15, 0.2) is 28.9 Å². The van der Waals surface area contributed by atoms with Crippen LogP contribution in [0, 0.1) is 6.92 Å². The molecule has 0 saturated carbocycles. The Hall–Kier alpha value is -2.17. The van der Waals surface area contributed by atoms with E-state index in [2.05, 4.69) is 28.9 Å². The molecule has 5 heteroatoms. The van der Waals surface area contributed by atoms with Gasteiger partial charge in [0.2, 0.25) is 0 Å². The number of aromatic nitrogens is 4. The van der Waals surface area contributed by atoms with Gasteiger partial charge in [0, 0.05) is 18.3 Å². The second kappa shape index (κ2) is 3.94. The van der Waals surface area contributed by atoms with Crippen LogP contribution in [-0.2, 0) is 0 Å². The van der Waals surface area contributed by atoms with Crippen LogP contribution in [0.4, 0.5) is 0 Å². The molecule has 0 saturated heterocycles. The highest BCUT2D eigenvalue weighted by atomic mass is 16.3. The largest absolute Gasteiger partial charge is 0.460 e. The molecular formula is C13H14N4O. The van der Waals surface area contributed by atoms with Crippen molar-refractivity contribution in [3.63, 3.8) is 0 Å². The molecule has 0 fully saturated rings. The van der Waals surface area contributed by atoms with E-state index in [-0.39, 0.29) is 5.92 Å². The molecule has 0 spiro atoms. The molecule has 0 N–H and O–H groups in total. The van der Waals surface area contributed by atoms with Gasteiger partial charge in [-0.15, -0.1) is 0 Å². The Morgan fingerprint density at radius 3 is 2.78 bits per heavy atom. The van der Waals surface area contributed by atoms with Crippen LogP contribution >= 0.6 is 0 Å². The third kappa shape index (κ3) is 1.68. The lowest BCUT2D eigenvalue weighted by Crippen LogP contribution is -1.92. The zero-order valence-corrected chi connectivity index (χ0v) is 10.6. The van der Waals surface area contributed by atoms with Crippen molar-refractivity contribution in [2.75, 3.05) is 0 Å². The van der Waals surface area contributed by atoms with Gasteiger partial charge in [0.05, 0.1) is 0 Å². The van der Waals surface area contributed by atoms with Gasteiger partial charge in [-0.3, -0.25) is 0 Å². The molecule has 92 valence electrons. The highest BCUT2D eigenvalue weighted by molar-refractivity contribution is 5.69. The molecule has 0 aliphatic heterocycles. The van der Waals surface area contributed by atoms with E-state index in [1.54, 1.807) is 16.9 Å². The molecule has 0 unspecified atom stereocenters. The number of fused-ring (bicyclic) bond motifs is 1. The second-order valence-corrected chi connectivity index (χ2v) is 4.58. The molecule has 3 aromatic rings. The smallest absolute Gasteiger partial charge is 0.185 e. The lowest BCUT2D eigenvalue weighted by molar-refractivity contribution is 0.546. The molecule has 18 heavy (non-hydrogen) atoms. The summed E-state index contributed by atoms with van der Waals surface area (Å²) in [4.78, 5) is 8.87. The molecular weight excluding hydrogens is 228 g/mol. The summed E-state index contributed by atoms with van der Waals surface area (Å²) in [7, 11) is 0. The van der Waals surface area contributed by atoms with Gasteiger partial charge in [-0.2, -0.15) is 5.10 Å². The molecule has 5 nitrogen and oxygen atoms in total. The van der Waals surface area contributed by atoms with Crippen LogP contribution in [0.2, 0.25) is 0 Å². The molecule has 0 aromatic carbocycles. The number of hydrogen-bond acceptors (Lipinski definition) is 4. The lowest BCUT2D eigenvalue weighted by atomic mass is 10.2. The Balaban J connectivity index is 2.23. The maximum absolute atomic E-state index is 5.60. The summed E-state index contributed by atoms with van der Waals surface area (Å²) in [5.41, 5.74) is 1.46. The van der Waals surface area contributed by atoms with Crippen molar-refractivity contribution in [2.45, 2.75) is 26.7 Å². The molecule has 3 aromatic heterocycles. The Kier molecular flexibility index (Phi) is 2.40. The van der Waals surface area contributed by atoms with Crippen molar-refractivity contribution in [1.82, 2.24) is 19.6 Å². The van der Waals surface area contributed by atoms with Crippen molar-refractivity contribution in [3.8, 4) is 11.5 Å². The number of rotatable bonds is 2. The minimum Gasteiger partial charge on any atom is -0.460 e. The summed E-state index contributed by atoms with van der Waals surface area (Å²) in [5, 5.41) is 4.43.